The zero-order valence-corrected chi connectivity index (χ0v) is 13.3. The topological polar surface area (TPSA) is 76.7 Å². The Morgan fingerprint density at radius 2 is 1.95 bits per heavy atom. The molecule has 6 nitrogen and oxygen atoms in total. The lowest BCUT2D eigenvalue weighted by Gasteiger charge is -2.51. The van der Waals surface area contributed by atoms with E-state index in [0.717, 1.165) is 25.7 Å². The Morgan fingerprint density at radius 1 is 1.29 bits per heavy atom. The van der Waals surface area contributed by atoms with E-state index in [1.54, 1.807) is 0 Å². The molecule has 1 amide bonds. The quantitative estimate of drug-likeness (QED) is 0.757. The first-order chi connectivity index (χ1) is 9.73. The van der Waals surface area contributed by atoms with Gasteiger partial charge in [-0.2, -0.15) is 0 Å². The molecule has 1 aliphatic carbocycles. The highest BCUT2D eigenvalue weighted by molar-refractivity contribution is 5.72. The molecular formula is C15H26N2O4. The summed E-state index contributed by atoms with van der Waals surface area (Å²) in [5.74, 6) is -0.182. The number of methoxy groups -OCH3 is 1. The van der Waals surface area contributed by atoms with Crippen molar-refractivity contribution in [2.45, 2.75) is 63.6 Å². The normalized spacial score (nSPS) is 32.2. The fourth-order valence-corrected chi connectivity index (χ4v) is 3.16. The van der Waals surface area contributed by atoms with Gasteiger partial charge in [0.1, 0.15) is 5.60 Å². The van der Waals surface area contributed by atoms with E-state index in [1.807, 2.05) is 20.8 Å². The van der Waals surface area contributed by atoms with Crippen LogP contribution >= 0.6 is 0 Å². The van der Waals surface area contributed by atoms with Gasteiger partial charge >= 0.3 is 12.1 Å². The van der Waals surface area contributed by atoms with E-state index in [1.165, 1.54) is 7.11 Å². The molecule has 120 valence electrons. The number of nitrogens with one attached hydrogen (secondary N) is 2. The molecule has 6 heteroatoms. The number of amides is 1. The fraction of sp³-hybridized carbons (Fsp3) is 0.867. The molecular weight excluding hydrogens is 272 g/mol. The van der Waals surface area contributed by atoms with Crippen LogP contribution in [0.4, 0.5) is 4.79 Å². The van der Waals surface area contributed by atoms with Crippen LogP contribution in [0, 0.1) is 5.92 Å². The predicted molar refractivity (Wildman–Crippen MR) is 77.9 cm³/mol. The van der Waals surface area contributed by atoms with Crippen LogP contribution < -0.4 is 10.6 Å². The number of carbonyl (C=O) groups is 2. The molecule has 2 fully saturated rings. The molecule has 21 heavy (non-hydrogen) atoms. The lowest BCUT2D eigenvalue weighted by Crippen LogP contribution is -2.65. The second kappa shape index (κ2) is 5.83. The predicted octanol–water partition coefficient (Wildman–Crippen LogP) is 1.58. The molecule has 1 heterocycles. The molecule has 1 unspecified atom stereocenters. The molecule has 0 aromatic carbocycles. The molecule has 1 spiro atoms. The van der Waals surface area contributed by atoms with Crippen molar-refractivity contribution in [3.8, 4) is 0 Å². The summed E-state index contributed by atoms with van der Waals surface area (Å²) in [6.45, 7) is 6.21. The molecule has 1 aliphatic heterocycles. The Kier molecular flexibility index (Phi) is 4.46. The van der Waals surface area contributed by atoms with Crippen molar-refractivity contribution in [1.29, 1.82) is 0 Å². The van der Waals surface area contributed by atoms with E-state index in [-0.39, 0.29) is 29.6 Å². The van der Waals surface area contributed by atoms with Gasteiger partial charge < -0.3 is 20.1 Å². The second-order valence-electron chi connectivity index (χ2n) is 7.17. The maximum absolute atomic E-state index is 11.7. The minimum absolute atomic E-state index is 0.0431. The third kappa shape index (κ3) is 4.09. The molecule has 0 aromatic rings. The van der Waals surface area contributed by atoms with Crippen molar-refractivity contribution in [3.05, 3.63) is 0 Å². The number of alkyl carbamates (subject to hydrolysis) is 1. The van der Waals surface area contributed by atoms with Gasteiger partial charge in [-0.25, -0.2) is 4.79 Å². The Labute approximate surface area is 125 Å². The average molecular weight is 298 g/mol. The van der Waals surface area contributed by atoms with Crippen LogP contribution in [0.15, 0.2) is 0 Å². The Bertz CT molecular complexity index is 400. The SMILES string of the molecule is COC(=O)C1CCC2(CC(NC(=O)OC(C)(C)C)C2)NC1. The highest BCUT2D eigenvalue weighted by atomic mass is 16.6. The molecule has 1 saturated carbocycles. The second-order valence-corrected chi connectivity index (χ2v) is 7.17. The third-order valence-corrected chi connectivity index (χ3v) is 4.22. The highest BCUT2D eigenvalue weighted by Crippen LogP contribution is 2.40. The third-order valence-electron chi connectivity index (χ3n) is 4.22. The molecule has 0 bridgehead atoms. The van der Waals surface area contributed by atoms with Crippen LogP contribution in [-0.2, 0) is 14.3 Å². The summed E-state index contributed by atoms with van der Waals surface area (Å²) in [4.78, 5) is 23.2. The van der Waals surface area contributed by atoms with Gasteiger partial charge in [0.15, 0.2) is 0 Å². The van der Waals surface area contributed by atoms with Gasteiger partial charge in [-0.1, -0.05) is 0 Å². The molecule has 0 radical (unpaired) electrons. The summed E-state index contributed by atoms with van der Waals surface area (Å²) in [5.41, 5.74) is -0.396. The molecule has 2 aliphatic rings. The fourth-order valence-electron chi connectivity index (χ4n) is 3.16. The minimum Gasteiger partial charge on any atom is -0.469 e. The summed E-state index contributed by atoms with van der Waals surface area (Å²) in [6.07, 6.45) is 3.21. The van der Waals surface area contributed by atoms with Crippen LogP contribution in [0.3, 0.4) is 0 Å². The van der Waals surface area contributed by atoms with E-state index < -0.39 is 5.60 Å². The van der Waals surface area contributed by atoms with Crippen molar-refractivity contribution in [3.63, 3.8) is 0 Å². The monoisotopic (exact) mass is 298 g/mol. The lowest BCUT2D eigenvalue weighted by molar-refractivity contribution is -0.147. The first-order valence-electron chi connectivity index (χ1n) is 7.55. The number of rotatable bonds is 2. The van der Waals surface area contributed by atoms with Gasteiger partial charge in [0.05, 0.1) is 13.0 Å². The van der Waals surface area contributed by atoms with Crippen molar-refractivity contribution in [2.24, 2.45) is 5.92 Å². The van der Waals surface area contributed by atoms with Crippen LogP contribution in [0.25, 0.3) is 0 Å². The molecule has 2 N–H and O–H groups in total. The zero-order valence-electron chi connectivity index (χ0n) is 13.3. The maximum atomic E-state index is 11.7. The number of piperidine rings is 1. The van der Waals surface area contributed by atoms with Crippen molar-refractivity contribution >= 4 is 12.1 Å². The van der Waals surface area contributed by atoms with E-state index in [4.69, 9.17) is 9.47 Å². The van der Waals surface area contributed by atoms with Crippen LogP contribution in [-0.4, -0.2) is 42.9 Å². The maximum Gasteiger partial charge on any atom is 0.407 e. The molecule has 2 rings (SSSR count). The summed E-state index contributed by atoms with van der Waals surface area (Å²) in [7, 11) is 1.43. The number of hydrogen-bond donors (Lipinski definition) is 2. The van der Waals surface area contributed by atoms with Crippen molar-refractivity contribution in [1.82, 2.24) is 10.6 Å². The standard InChI is InChI=1S/C15H26N2O4/c1-14(2,3)21-13(19)17-11-7-15(8-11)6-5-10(9-16-15)12(18)20-4/h10-11,16H,5-9H2,1-4H3,(H,17,19). The molecule has 0 aromatic heterocycles. The van der Waals surface area contributed by atoms with Crippen LogP contribution in [0.1, 0.15) is 46.5 Å². The number of carbonyl (C=O) groups excluding carboxylic acids is 2. The number of ether oxygens (including phenoxy) is 2. The highest BCUT2D eigenvalue weighted by Gasteiger charge is 2.47. The average Bonchev–Trinajstić information content (AvgIpc) is 2.34. The Hall–Kier alpha value is -1.30. The van der Waals surface area contributed by atoms with E-state index >= 15 is 0 Å². The molecule has 1 atom stereocenters. The lowest BCUT2D eigenvalue weighted by atomic mass is 9.67. The van der Waals surface area contributed by atoms with Gasteiger partial charge in [-0.15, -0.1) is 0 Å². The van der Waals surface area contributed by atoms with Crippen molar-refractivity contribution in [2.75, 3.05) is 13.7 Å². The van der Waals surface area contributed by atoms with Crippen LogP contribution in [0.5, 0.6) is 0 Å². The number of hydrogen-bond acceptors (Lipinski definition) is 5. The largest absolute Gasteiger partial charge is 0.469 e. The summed E-state index contributed by atoms with van der Waals surface area (Å²) in [6, 6.07) is 0.155. The first kappa shape index (κ1) is 16.1. The van der Waals surface area contributed by atoms with E-state index in [9.17, 15) is 9.59 Å². The Balaban J connectivity index is 1.72. The summed E-state index contributed by atoms with van der Waals surface area (Å²) < 4.78 is 10.0. The van der Waals surface area contributed by atoms with Gasteiger partial charge in [0.2, 0.25) is 0 Å². The van der Waals surface area contributed by atoms with Gasteiger partial charge in [0.25, 0.3) is 0 Å². The summed E-state index contributed by atoms with van der Waals surface area (Å²) in [5, 5.41) is 6.35. The zero-order chi connectivity index (χ0) is 15.7. The molecule has 1 saturated heterocycles. The van der Waals surface area contributed by atoms with E-state index in [2.05, 4.69) is 10.6 Å². The smallest absolute Gasteiger partial charge is 0.407 e. The van der Waals surface area contributed by atoms with Gasteiger partial charge in [-0.05, 0) is 46.5 Å². The van der Waals surface area contributed by atoms with Gasteiger partial charge in [0, 0.05) is 18.1 Å². The van der Waals surface area contributed by atoms with Crippen molar-refractivity contribution < 1.29 is 19.1 Å². The number of esters is 1. The summed E-state index contributed by atoms with van der Waals surface area (Å²) >= 11 is 0. The van der Waals surface area contributed by atoms with Crippen LogP contribution in [0.2, 0.25) is 0 Å². The van der Waals surface area contributed by atoms with Gasteiger partial charge in [-0.3, -0.25) is 4.79 Å². The minimum atomic E-state index is -0.470. The Morgan fingerprint density at radius 3 is 2.43 bits per heavy atom. The first-order valence-corrected chi connectivity index (χ1v) is 7.55. The van der Waals surface area contributed by atoms with E-state index in [0.29, 0.717) is 6.54 Å².